The molecule has 3 atom stereocenters. The average Bonchev–Trinajstić information content (AvgIpc) is 3.13. The summed E-state index contributed by atoms with van der Waals surface area (Å²) in [5.74, 6) is 1.47. The second-order valence-electron chi connectivity index (χ2n) is 5.81. The molecule has 2 aromatic rings. The van der Waals surface area contributed by atoms with Gasteiger partial charge in [0, 0.05) is 12.7 Å². The van der Waals surface area contributed by atoms with Gasteiger partial charge in [-0.05, 0) is 18.8 Å². The van der Waals surface area contributed by atoms with E-state index in [1.54, 1.807) is 23.1 Å². The Labute approximate surface area is 144 Å². The molecule has 0 aromatic carbocycles. The maximum absolute atomic E-state index is 10.3. The third-order valence-corrected chi connectivity index (χ3v) is 4.28. The molecule has 130 valence electrons. The lowest BCUT2D eigenvalue weighted by atomic mass is 10.1. The summed E-state index contributed by atoms with van der Waals surface area (Å²) >= 11 is 5.88. The predicted molar refractivity (Wildman–Crippen MR) is 88.5 cm³/mol. The monoisotopic (exact) mass is 353 g/mol. The lowest BCUT2D eigenvalue weighted by Crippen LogP contribution is -2.29. The number of anilines is 1. The van der Waals surface area contributed by atoms with Gasteiger partial charge < -0.3 is 19.9 Å². The Kier molecular flexibility index (Phi) is 5.06. The second-order valence-corrected chi connectivity index (χ2v) is 6.25. The van der Waals surface area contributed by atoms with Crippen molar-refractivity contribution in [2.75, 3.05) is 19.5 Å². The van der Waals surface area contributed by atoms with Crippen molar-refractivity contribution in [1.82, 2.24) is 19.7 Å². The zero-order valence-electron chi connectivity index (χ0n) is 13.5. The summed E-state index contributed by atoms with van der Waals surface area (Å²) in [5.41, 5.74) is 0. The number of methoxy groups -OCH3 is 2. The van der Waals surface area contributed by atoms with Crippen LogP contribution in [0.3, 0.4) is 0 Å². The van der Waals surface area contributed by atoms with Crippen LogP contribution in [0.25, 0.3) is 0 Å². The van der Waals surface area contributed by atoms with Crippen LogP contribution in [0.5, 0.6) is 11.8 Å². The summed E-state index contributed by atoms with van der Waals surface area (Å²) in [6.07, 6.45) is 4.36. The highest BCUT2D eigenvalue weighted by Gasteiger charge is 2.33. The van der Waals surface area contributed by atoms with Crippen molar-refractivity contribution >= 4 is 17.5 Å². The number of hydrogen-bond donors (Lipinski definition) is 2. The van der Waals surface area contributed by atoms with Gasteiger partial charge in [-0.1, -0.05) is 11.6 Å². The van der Waals surface area contributed by atoms with Gasteiger partial charge in [0.25, 0.3) is 0 Å². The first kappa shape index (κ1) is 16.8. The summed E-state index contributed by atoms with van der Waals surface area (Å²) < 4.78 is 12.1. The largest absolute Gasteiger partial charge is 0.481 e. The van der Waals surface area contributed by atoms with Gasteiger partial charge in [-0.2, -0.15) is 15.1 Å². The Balaban J connectivity index is 1.65. The molecule has 1 aliphatic carbocycles. The van der Waals surface area contributed by atoms with E-state index in [9.17, 15) is 5.11 Å². The first-order valence-electron chi connectivity index (χ1n) is 7.67. The van der Waals surface area contributed by atoms with Crippen LogP contribution >= 0.6 is 11.6 Å². The highest BCUT2D eigenvalue weighted by Crippen LogP contribution is 2.30. The van der Waals surface area contributed by atoms with E-state index in [1.165, 1.54) is 14.2 Å². The van der Waals surface area contributed by atoms with Gasteiger partial charge >= 0.3 is 0 Å². The van der Waals surface area contributed by atoms with Crippen LogP contribution in [-0.2, 0) is 6.54 Å². The summed E-state index contributed by atoms with van der Waals surface area (Å²) in [7, 11) is 3.06. The van der Waals surface area contributed by atoms with Gasteiger partial charge in [0.05, 0.1) is 43.7 Å². The van der Waals surface area contributed by atoms with Crippen LogP contribution in [0.1, 0.15) is 12.8 Å². The lowest BCUT2D eigenvalue weighted by molar-refractivity contribution is 0.165. The fourth-order valence-corrected chi connectivity index (χ4v) is 3.12. The summed E-state index contributed by atoms with van der Waals surface area (Å²) in [6, 6.07) is 1.46. The van der Waals surface area contributed by atoms with E-state index in [-0.39, 0.29) is 6.04 Å². The third-order valence-electron chi connectivity index (χ3n) is 4.09. The zero-order chi connectivity index (χ0) is 17.1. The number of aliphatic hydroxyl groups excluding tert-OH is 1. The number of aliphatic hydroxyl groups is 1. The van der Waals surface area contributed by atoms with E-state index in [0.29, 0.717) is 41.6 Å². The van der Waals surface area contributed by atoms with Gasteiger partial charge in [0.15, 0.2) is 0 Å². The summed E-state index contributed by atoms with van der Waals surface area (Å²) in [4.78, 5) is 8.48. The minimum Gasteiger partial charge on any atom is -0.481 e. The normalized spacial score (nSPS) is 23.2. The number of nitrogens with one attached hydrogen (secondary N) is 1. The van der Waals surface area contributed by atoms with E-state index >= 15 is 0 Å². The molecule has 1 unspecified atom stereocenters. The molecule has 0 spiro atoms. The Bertz CT molecular complexity index is 673. The standard InChI is InChI=1S/C15H20ClN5O3/c1-23-13-5-14(24-2)20-15(19-13)18-11-3-9(4-12(11)22)7-21-8-10(16)6-17-21/h5-6,8-9,11-12,22H,3-4,7H2,1-2H3,(H,18,19,20)/t9?,11-,12-/m1/s1. The van der Waals surface area contributed by atoms with Gasteiger partial charge in [-0.3, -0.25) is 4.68 Å². The van der Waals surface area contributed by atoms with E-state index in [1.807, 2.05) is 0 Å². The molecule has 0 bridgehead atoms. The Hall–Kier alpha value is -2.06. The number of nitrogens with zero attached hydrogens (tertiary/aromatic N) is 4. The van der Waals surface area contributed by atoms with Crippen molar-refractivity contribution in [3.63, 3.8) is 0 Å². The van der Waals surface area contributed by atoms with E-state index < -0.39 is 6.10 Å². The SMILES string of the molecule is COc1cc(OC)nc(N[C@@H]2CC(Cn3cc(Cl)cn3)C[C@H]2O)n1. The summed E-state index contributed by atoms with van der Waals surface area (Å²) in [6.45, 7) is 0.713. The fourth-order valence-electron chi connectivity index (χ4n) is 2.97. The van der Waals surface area contributed by atoms with Crippen molar-refractivity contribution in [2.24, 2.45) is 5.92 Å². The van der Waals surface area contributed by atoms with Gasteiger partial charge in [0.1, 0.15) is 0 Å². The first-order valence-corrected chi connectivity index (χ1v) is 8.04. The number of rotatable bonds is 6. The molecule has 0 amide bonds. The van der Waals surface area contributed by atoms with Crippen LogP contribution in [0, 0.1) is 5.92 Å². The molecule has 0 saturated heterocycles. The quantitative estimate of drug-likeness (QED) is 0.814. The summed E-state index contributed by atoms with van der Waals surface area (Å²) in [5, 5.41) is 18.3. The molecule has 1 fully saturated rings. The second kappa shape index (κ2) is 7.23. The number of aromatic nitrogens is 4. The Morgan fingerprint density at radius 3 is 2.58 bits per heavy atom. The molecular formula is C15H20ClN5O3. The number of ether oxygens (including phenoxy) is 2. The van der Waals surface area contributed by atoms with Gasteiger partial charge in [-0.25, -0.2) is 0 Å². The molecule has 8 nitrogen and oxygen atoms in total. The van der Waals surface area contributed by atoms with Crippen molar-refractivity contribution < 1.29 is 14.6 Å². The van der Waals surface area contributed by atoms with E-state index in [0.717, 1.165) is 6.42 Å². The number of halogens is 1. The van der Waals surface area contributed by atoms with Crippen molar-refractivity contribution in [3.05, 3.63) is 23.5 Å². The van der Waals surface area contributed by atoms with E-state index in [4.69, 9.17) is 21.1 Å². The molecule has 0 aliphatic heterocycles. The first-order chi connectivity index (χ1) is 11.6. The molecule has 3 rings (SSSR count). The molecule has 0 radical (unpaired) electrons. The Morgan fingerprint density at radius 2 is 2.00 bits per heavy atom. The predicted octanol–water partition coefficient (Wildman–Crippen LogP) is 1.60. The van der Waals surface area contributed by atoms with Crippen molar-refractivity contribution in [2.45, 2.75) is 31.5 Å². The molecule has 9 heteroatoms. The molecule has 24 heavy (non-hydrogen) atoms. The molecule has 2 heterocycles. The van der Waals surface area contributed by atoms with Crippen LogP contribution in [0.15, 0.2) is 18.5 Å². The highest BCUT2D eigenvalue weighted by atomic mass is 35.5. The lowest BCUT2D eigenvalue weighted by Gasteiger charge is -2.17. The molecular weight excluding hydrogens is 334 g/mol. The van der Waals surface area contributed by atoms with Crippen LogP contribution < -0.4 is 14.8 Å². The van der Waals surface area contributed by atoms with Crippen LogP contribution in [0.4, 0.5) is 5.95 Å². The molecule has 1 saturated carbocycles. The van der Waals surface area contributed by atoms with Gasteiger partial charge in [-0.15, -0.1) is 0 Å². The maximum Gasteiger partial charge on any atom is 0.229 e. The van der Waals surface area contributed by atoms with Crippen LogP contribution in [0.2, 0.25) is 5.02 Å². The smallest absolute Gasteiger partial charge is 0.229 e. The fraction of sp³-hybridized carbons (Fsp3) is 0.533. The molecule has 2 N–H and O–H groups in total. The molecule has 1 aliphatic rings. The van der Waals surface area contributed by atoms with Crippen molar-refractivity contribution in [1.29, 1.82) is 0 Å². The zero-order valence-corrected chi connectivity index (χ0v) is 14.3. The molecule has 2 aromatic heterocycles. The van der Waals surface area contributed by atoms with Crippen molar-refractivity contribution in [3.8, 4) is 11.8 Å². The third kappa shape index (κ3) is 3.88. The maximum atomic E-state index is 10.3. The number of hydrogen-bond acceptors (Lipinski definition) is 7. The minimum atomic E-state index is -0.484. The highest BCUT2D eigenvalue weighted by molar-refractivity contribution is 6.30. The van der Waals surface area contributed by atoms with Gasteiger partial charge in [0.2, 0.25) is 17.7 Å². The average molecular weight is 354 g/mol. The topological polar surface area (TPSA) is 94.3 Å². The Morgan fingerprint density at radius 1 is 1.29 bits per heavy atom. The van der Waals surface area contributed by atoms with Crippen LogP contribution in [-0.4, -0.2) is 51.2 Å². The van der Waals surface area contributed by atoms with E-state index in [2.05, 4.69) is 20.4 Å². The minimum absolute atomic E-state index is 0.141.